The predicted molar refractivity (Wildman–Crippen MR) is 33.1 cm³/mol. The maximum absolute atomic E-state index is 9.98. The number of carboxylic acid groups (broad SMARTS) is 2. The van der Waals surface area contributed by atoms with Crippen molar-refractivity contribution in [3.63, 3.8) is 0 Å². The molecule has 7 nitrogen and oxygen atoms in total. The number of carbonyl (C=O) groups is 2. The van der Waals surface area contributed by atoms with Gasteiger partial charge in [0.05, 0.1) is 0 Å². The molecule has 0 aromatic carbocycles. The standard InChI is InChI=1S/C5H8O7/c6-2(3(7)8)1-5(11,12)4(9)10/h2,6,11-12H,1H2,(H,7,8)(H,9,10). The van der Waals surface area contributed by atoms with Crippen molar-refractivity contribution in [3.05, 3.63) is 0 Å². The monoisotopic (exact) mass is 180 g/mol. The van der Waals surface area contributed by atoms with Crippen LogP contribution in [0.5, 0.6) is 0 Å². The molecular weight excluding hydrogens is 172 g/mol. The van der Waals surface area contributed by atoms with Gasteiger partial charge in [-0.3, -0.25) is 0 Å². The van der Waals surface area contributed by atoms with Crippen molar-refractivity contribution < 1.29 is 35.1 Å². The molecule has 70 valence electrons. The molecule has 0 aliphatic heterocycles. The molecule has 0 rings (SSSR count). The third-order valence-corrected chi connectivity index (χ3v) is 1.11. The Morgan fingerprint density at radius 2 is 1.67 bits per heavy atom. The lowest BCUT2D eigenvalue weighted by atomic mass is 10.1. The molecule has 0 saturated carbocycles. The summed E-state index contributed by atoms with van der Waals surface area (Å²) in [5.74, 6) is -6.94. The van der Waals surface area contributed by atoms with Gasteiger partial charge >= 0.3 is 11.9 Å². The fourth-order valence-electron chi connectivity index (χ4n) is 0.444. The Morgan fingerprint density at radius 3 is 1.92 bits per heavy atom. The summed E-state index contributed by atoms with van der Waals surface area (Å²) in [7, 11) is 0. The first kappa shape index (κ1) is 10.8. The van der Waals surface area contributed by atoms with Crippen LogP contribution in [0, 0.1) is 0 Å². The third-order valence-electron chi connectivity index (χ3n) is 1.11. The summed E-state index contributed by atoms with van der Waals surface area (Å²) in [6.45, 7) is 0. The van der Waals surface area contributed by atoms with Gasteiger partial charge in [-0.2, -0.15) is 0 Å². The minimum Gasteiger partial charge on any atom is -0.479 e. The van der Waals surface area contributed by atoms with E-state index in [-0.39, 0.29) is 0 Å². The number of aliphatic hydroxyl groups excluding tert-OH is 1. The molecule has 0 aliphatic carbocycles. The smallest absolute Gasteiger partial charge is 0.364 e. The molecule has 1 atom stereocenters. The van der Waals surface area contributed by atoms with Gasteiger partial charge in [0.15, 0.2) is 6.10 Å². The lowest BCUT2D eigenvalue weighted by Gasteiger charge is -2.17. The number of aliphatic hydroxyl groups is 3. The number of aliphatic carboxylic acids is 2. The van der Waals surface area contributed by atoms with Crippen molar-refractivity contribution >= 4 is 11.9 Å². The van der Waals surface area contributed by atoms with Crippen LogP contribution in [0.15, 0.2) is 0 Å². The zero-order chi connectivity index (χ0) is 9.94. The Hall–Kier alpha value is -1.18. The summed E-state index contributed by atoms with van der Waals surface area (Å²) in [6, 6.07) is 0. The maximum Gasteiger partial charge on any atom is 0.364 e. The van der Waals surface area contributed by atoms with E-state index in [1.54, 1.807) is 0 Å². The summed E-state index contributed by atoms with van der Waals surface area (Å²) in [5.41, 5.74) is 0. The average molecular weight is 180 g/mol. The van der Waals surface area contributed by atoms with E-state index in [2.05, 4.69) is 0 Å². The van der Waals surface area contributed by atoms with E-state index in [4.69, 9.17) is 25.5 Å². The van der Waals surface area contributed by atoms with Crippen LogP contribution in [-0.2, 0) is 9.59 Å². The van der Waals surface area contributed by atoms with Crippen LogP contribution < -0.4 is 0 Å². The van der Waals surface area contributed by atoms with Crippen molar-refractivity contribution in [1.29, 1.82) is 0 Å². The Kier molecular flexibility index (Phi) is 3.14. The second-order valence-electron chi connectivity index (χ2n) is 2.18. The highest BCUT2D eigenvalue weighted by Gasteiger charge is 2.37. The van der Waals surface area contributed by atoms with E-state index < -0.39 is 30.3 Å². The number of hydrogen-bond donors (Lipinski definition) is 5. The number of carboxylic acids is 2. The van der Waals surface area contributed by atoms with E-state index >= 15 is 0 Å². The summed E-state index contributed by atoms with van der Waals surface area (Å²) in [5, 5.41) is 41.7. The van der Waals surface area contributed by atoms with Crippen molar-refractivity contribution in [1.82, 2.24) is 0 Å². The van der Waals surface area contributed by atoms with Crippen LogP contribution in [0.25, 0.3) is 0 Å². The predicted octanol–water partition coefficient (Wildman–Crippen LogP) is -2.41. The molecule has 0 aromatic rings. The van der Waals surface area contributed by atoms with E-state index in [0.29, 0.717) is 0 Å². The van der Waals surface area contributed by atoms with E-state index in [1.165, 1.54) is 0 Å². The molecule has 0 amide bonds. The summed E-state index contributed by atoms with van der Waals surface area (Å²) >= 11 is 0. The molecule has 12 heavy (non-hydrogen) atoms. The highest BCUT2D eigenvalue weighted by molar-refractivity contribution is 5.77. The van der Waals surface area contributed by atoms with Crippen LogP contribution in [0.3, 0.4) is 0 Å². The maximum atomic E-state index is 9.98. The normalized spacial score (nSPS) is 13.9. The fraction of sp³-hybridized carbons (Fsp3) is 0.600. The zero-order valence-corrected chi connectivity index (χ0v) is 5.84. The van der Waals surface area contributed by atoms with Gasteiger partial charge in [-0.25, -0.2) is 9.59 Å². The number of hydrogen-bond acceptors (Lipinski definition) is 5. The van der Waals surface area contributed by atoms with Crippen molar-refractivity contribution in [3.8, 4) is 0 Å². The van der Waals surface area contributed by atoms with Gasteiger partial charge in [0, 0.05) is 6.42 Å². The van der Waals surface area contributed by atoms with Gasteiger partial charge in [0.1, 0.15) is 0 Å². The summed E-state index contributed by atoms with van der Waals surface area (Å²) < 4.78 is 0. The lowest BCUT2D eigenvalue weighted by Crippen LogP contribution is -2.43. The second kappa shape index (κ2) is 3.48. The SMILES string of the molecule is O=C(O)C(O)CC(O)(O)C(=O)O. The van der Waals surface area contributed by atoms with Gasteiger partial charge in [-0.05, 0) is 0 Å². The van der Waals surface area contributed by atoms with Gasteiger partial charge in [-0.15, -0.1) is 0 Å². The molecule has 0 radical (unpaired) electrons. The fourth-order valence-corrected chi connectivity index (χ4v) is 0.444. The zero-order valence-electron chi connectivity index (χ0n) is 5.84. The summed E-state index contributed by atoms with van der Waals surface area (Å²) in [4.78, 5) is 19.9. The first-order chi connectivity index (χ1) is 5.27. The lowest BCUT2D eigenvalue weighted by molar-refractivity contribution is -0.213. The van der Waals surface area contributed by atoms with E-state index in [1.807, 2.05) is 0 Å². The Labute approximate surface area is 66.5 Å². The second-order valence-corrected chi connectivity index (χ2v) is 2.18. The van der Waals surface area contributed by atoms with Gasteiger partial charge in [-0.1, -0.05) is 0 Å². The third kappa shape index (κ3) is 2.82. The molecule has 0 heterocycles. The minimum atomic E-state index is -3.21. The molecule has 7 heteroatoms. The molecular formula is C5H8O7. The Balaban J connectivity index is 4.24. The highest BCUT2D eigenvalue weighted by atomic mass is 16.5. The van der Waals surface area contributed by atoms with Gasteiger partial charge in [0.2, 0.25) is 0 Å². The average Bonchev–Trinajstić information content (AvgIpc) is 1.85. The molecule has 0 aliphatic rings. The van der Waals surface area contributed by atoms with Crippen LogP contribution >= 0.6 is 0 Å². The first-order valence-electron chi connectivity index (χ1n) is 2.86. The molecule has 5 N–H and O–H groups in total. The van der Waals surface area contributed by atoms with Crippen molar-refractivity contribution in [2.45, 2.75) is 18.3 Å². The minimum absolute atomic E-state index is 1.18. The van der Waals surface area contributed by atoms with Crippen LogP contribution in [0.4, 0.5) is 0 Å². The summed E-state index contributed by atoms with van der Waals surface area (Å²) in [6.07, 6.45) is -3.30. The molecule has 0 aromatic heterocycles. The quantitative estimate of drug-likeness (QED) is 0.304. The van der Waals surface area contributed by atoms with Crippen LogP contribution in [0.2, 0.25) is 0 Å². The first-order valence-corrected chi connectivity index (χ1v) is 2.86. The highest BCUT2D eigenvalue weighted by Crippen LogP contribution is 2.09. The molecule has 0 spiro atoms. The van der Waals surface area contributed by atoms with E-state index in [0.717, 1.165) is 0 Å². The molecule has 0 fully saturated rings. The largest absolute Gasteiger partial charge is 0.479 e. The van der Waals surface area contributed by atoms with Crippen LogP contribution in [0.1, 0.15) is 6.42 Å². The molecule has 0 bridgehead atoms. The Morgan fingerprint density at radius 1 is 1.25 bits per heavy atom. The molecule has 1 unspecified atom stereocenters. The van der Waals surface area contributed by atoms with Crippen LogP contribution in [-0.4, -0.2) is 49.4 Å². The number of rotatable bonds is 4. The topological polar surface area (TPSA) is 135 Å². The van der Waals surface area contributed by atoms with Crippen molar-refractivity contribution in [2.75, 3.05) is 0 Å². The van der Waals surface area contributed by atoms with Gasteiger partial charge < -0.3 is 25.5 Å². The van der Waals surface area contributed by atoms with E-state index in [9.17, 15) is 9.59 Å². The molecule has 0 saturated heterocycles. The van der Waals surface area contributed by atoms with Crippen molar-refractivity contribution in [2.24, 2.45) is 0 Å². The van der Waals surface area contributed by atoms with Gasteiger partial charge in [0.25, 0.3) is 5.79 Å². The Bertz CT molecular complexity index is 196.